The summed E-state index contributed by atoms with van der Waals surface area (Å²) in [6, 6.07) is 26.3. The number of hydrogen-bond donors (Lipinski definition) is 0. The number of carbonyl (C=O) groups excluding carboxylic acids is 2. The van der Waals surface area contributed by atoms with Gasteiger partial charge in [0.15, 0.2) is 15.7 Å². The molecule has 3 nitrogen and oxygen atoms in total. The van der Waals surface area contributed by atoms with Gasteiger partial charge in [0.2, 0.25) is 0 Å². The SMILES string of the molecule is O=C(O[C@](CBr)(CC(Cl)(Cl)C(=O)c1ccccc1)c1ccccc1)c1ccccc1. The fourth-order valence-corrected chi connectivity index (χ4v) is 4.43. The zero-order valence-electron chi connectivity index (χ0n) is 15.9. The Morgan fingerprint density at radius 2 is 1.23 bits per heavy atom. The number of alkyl halides is 3. The maximum absolute atomic E-state index is 13.0. The average molecular weight is 506 g/mol. The van der Waals surface area contributed by atoms with Crippen molar-refractivity contribution in [3.63, 3.8) is 0 Å². The van der Waals surface area contributed by atoms with Crippen LogP contribution in [0.15, 0.2) is 91.0 Å². The lowest BCUT2D eigenvalue weighted by molar-refractivity contribution is -0.0146. The largest absolute Gasteiger partial charge is 0.450 e. The quantitative estimate of drug-likeness (QED) is 0.197. The lowest BCUT2D eigenvalue weighted by Gasteiger charge is -2.36. The Kier molecular flexibility index (Phi) is 7.35. The van der Waals surface area contributed by atoms with Crippen molar-refractivity contribution in [3.05, 3.63) is 108 Å². The fourth-order valence-electron chi connectivity index (χ4n) is 3.14. The first kappa shape index (κ1) is 22.5. The Morgan fingerprint density at radius 1 is 0.767 bits per heavy atom. The monoisotopic (exact) mass is 504 g/mol. The number of ketones is 1. The summed E-state index contributed by atoms with van der Waals surface area (Å²) in [4.78, 5) is 25.9. The van der Waals surface area contributed by atoms with Crippen molar-refractivity contribution >= 4 is 50.9 Å². The summed E-state index contributed by atoms with van der Waals surface area (Å²) in [5.74, 6) is -0.987. The molecule has 30 heavy (non-hydrogen) atoms. The second-order valence-corrected chi connectivity index (χ2v) is 8.87. The lowest BCUT2D eigenvalue weighted by atomic mass is 9.88. The van der Waals surface area contributed by atoms with Crippen LogP contribution in [-0.4, -0.2) is 21.4 Å². The highest BCUT2D eigenvalue weighted by Crippen LogP contribution is 2.43. The molecule has 0 aliphatic carbocycles. The van der Waals surface area contributed by atoms with E-state index in [9.17, 15) is 9.59 Å². The summed E-state index contributed by atoms with van der Waals surface area (Å²) >= 11 is 16.6. The van der Waals surface area contributed by atoms with E-state index in [1.54, 1.807) is 54.6 Å². The van der Waals surface area contributed by atoms with E-state index >= 15 is 0 Å². The van der Waals surface area contributed by atoms with E-state index in [-0.39, 0.29) is 11.8 Å². The normalized spacial score (nSPS) is 13.3. The molecular formula is C24H19BrCl2O3. The van der Waals surface area contributed by atoms with Crippen LogP contribution in [0.2, 0.25) is 0 Å². The number of carbonyl (C=O) groups is 2. The summed E-state index contributed by atoms with van der Waals surface area (Å²) in [6.45, 7) is 0. The van der Waals surface area contributed by atoms with Gasteiger partial charge in [0.05, 0.1) is 5.56 Å². The zero-order chi connectivity index (χ0) is 21.6. The Morgan fingerprint density at radius 3 is 1.73 bits per heavy atom. The predicted molar refractivity (Wildman–Crippen MR) is 124 cm³/mol. The van der Waals surface area contributed by atoms with E-state index in [2.05, 4.69) is 15.9 Å². The molecule has 0 saturated heterocycles. The standard InChI is InChI=1S/C24H19BrCl2O3/c25-17-23(20-14-8-3-9-15-20,30-22(29)19-12-6-2-7-13-19)16-24(26,27)21(28)18-10-4-1-5-11-18/h1-15H,16-17H2/t23-/m0/s1. The van der Waals surface area contributed by atoms with Crippen LogP contribution in [0.3, 0.4) is 0 Å². The molecular weight excluding hydrogens is 487 g/mol. The first-order chi connectivity index (χ1) is 14.4. The molecule has 3 rings (SSSR count). The molecule has 0 amide bonds. The number of Topliss-reactive ketones (excluding diaryl/α,β-unsaturated/α-hetero) is 1. The third kappa shape index (κ3) is 5.12. The van der Waals surface area contributed by atoms with Gasteiger partial charge in [-0.3, -0.25) is 4.79 Å². The van der Waals surface area contributed by atoms with Gasteiger partial charge >= 0.3 is 5.97 Å². The molecule has 6 heteroatoms. The number of benzene rings is 3. The van der Waals surface area contributed by atoms with E-state index in [0.29, 0.717) is 16.7 Å². The molecule has 0 N–H and O–H groups in total. The highest BCUT2D eigenvalue weighted by atomic mass is 79.9. The van der Waals surface area contributed by atoms with Gasteiger partial charge in [-0.2, -0.15) is 0 Å². The first-order valence-electron chi connectivity index (χ1n) is 9.25. The van der Waals surface area contributed by atoms with Crippen LogP contribution in [-0.2, 0) is 10.3 Å². The van der Waals surface area contributed by atoms with Crippen LogP contribution < -0.4 is 0 Å². The number of hydrogen-bond acceptors (Lipinski definition) is 3. The van der Waals surface area contributed by atoms with Gasteiger partial charge in [-0.15, -0.1) is 0 Å². The summed E-state index contributed by atoms with van der Waals surface area (Å²) in [5.41, 5.74) is 0.191. The second-order valence-electron chi connectivity index (χ2n) is 6.83. The molecule has 0 saturated carbocycles. The van der Waals surface area contributed by atoms with Gasteiger partial charge in [0.25, 0.3) is 0 Å². The maximum Gasteiger partial charge on any atom is 0.339 e. The van der Waals surface area contributed by atoms with Crippen molar-refractivity contribution in [2.75, 3.05) is 5.33 Å². The third-order valence-corrected chi connectivity index (χ3v) is 6.21. The van der Waals surface area contributed by atoms with E-state index in [1.807, 2.05) is 36.4 Å². The molecule has 1 atom stereocenters. The van der Waals surface area contributed by atoms with Crippen molar-refractivity contribution in [2.45, 2.75) is 16.4 Å². The molecule has 0 fully saturated rings. The Labute approximate surface area is 194 Å². The van der Waals surface area contributed by atoms with Crippen molar-refractivity contribution in [3.8, 4) is 0 Å². The molecule has 3 aromatic rings. The molecule has 0 aromatic heterocycles. The molecule has 0 heterocycles. The minimum absolute atomic E-state index is 0.134. The molecule has 3 aromatic carbocycles. The van der Waals surface area contributed by atoms with Crippen LogP contribution >= 0.6 is 39.1 Å². The van der Waals surface area contributed by atoms with Gasteiger partial charge in [0, 0.05) is 17.3 Å². The number of ether oxygens (including phenoxy) is 1. The average Bonchev–Trinajstić information content (AvgIpc) is 2.79. The molecule has 0 unspecified atom stereocenters. The summed E-state index contributed by atoms with van der Waals surface area (Å²) in [6.07, 6.45) is -0.134. The molecule has 0 bridgehead atoms. The smallest absolute Gasteiger partial charge is 0.339 e. The Hall–Kier alpha value is -2.14. The fraction of sp³-hybridized carbons (Fsp3) is 0.167. The molecule has 154 valence electrons. The molecule has 0 radical (unpaired) electrons. The summed E-state index contributed by atoms with van der Waals surface area (Å²) < 4.78 is 4.16. The number of esters is 1. The van der Waals surface area contributed by atoms with E-state index in [1.165, 1.54) is 0 Å². The molecule has 0 aliphatic heterocycles. The van der Waals surface area contributed by atoms with Gasteiger partial charge < -0.3 is 4.74 Å². The van der Waals surface area contributed by atoms with Crippen LogP contribution in [0, 0.1) is 0 Å². The van der Waals surface area contributed by atoms with E-state index in [0.717, 1.165) is 0 Å². The van der Waals surface area contributed by atoms with Crippen molar-refractivity contribution in [1.82, 2.24) is 0 Å². The highest BCUT2D eigenvalue weighted by molar-refractivity contribution is 9.09. The summed E-state index contributed by atoms with van der Waals surface area (Å²) in [5, 5.41) is 0.200. The summed E-state index contributed by atoms with van der Waals surface area (Å²) in [7, 11) is 0. The predicted octanol–water partition coefficient (Wildman–Crippen LogP) is 6.58. The highest BCUT2D eigenvalue weighted by Gasteiger charge is 2.47. The topological polar surface area (TPSA) is 43.4 Å². The first-order valence-corrected chi connectivity index (χ1v) is 11.1. The van der Waals surface area contributed by atoms with Gasteiger partial charge in [-0.25, -0.2) is 4.79 Å². The van der Waals surface area contributed by atoms with E-state index < -0.39 is 21.7 Å². The van der Waals surface area contributed by atoms with Crippen LogP contribution in [0.1, 0.15) is 32.7 Å². The van der Waals surface area contributed by atoms with Crippen molar-refractivity contribution in [2.24, 2.45) is 0 Å². The van der Waals surface area contributed by atoms with Gasteiger partial charge in [0.1, 0.15) is 0 Å². The Balaban J connectivity index is 1.99. The Bertz CT molecular complexity index is 995. The van der Waals surface area contributed by atoms with Crippen LogP contribution in [0.5, 0.6) is 0 Å². The number of rotatable bonds is 8. The second kappa shape index (κ2) is 9.78. The van der Waals surface area contributed by atoms with Gasteiger partial charge in [-0.05, 0) is 17.7 Å². The lowest BCUT2D eigenvalue weighted by Crippen LogP contribution is -2.42. The van der Waals surface area contributed by atoms with Gasteiger partial charge in [-0.1, -0.05) is 118 Å². The molecule has 0 aliphatic rings. The zero-order valence-corrected chi connectivity index (χ0v) is 19.0. The van der Waals surface area contributed by atoms with Crippen molar-refractivity contribution < 1.29 is 14.3 Å². The van der Waals surface area contributed by atoms with Crippen LogP contribution in [0.25, 0.3) is 0 Å². The molecule has 0 spiro atoms. The third-order valence-electron chi connectivity index (χ3n) is 4.69. The van der Waals surface area contributed by atoms with Crippen molar-refractivity contribution in [1.29, 1.82) is 0 Å². The minimum Gasteiger partial charge on any atom is -0.450 e. The maximum atomic E-state index is 13.0. The van der Waals surface area contributed by atoms with E-state index in [4.69, 9.17) is 27.9 Å². The number of halogens is 3. The minimum atomic E-state index is -1.82. The van der Waals surface area contributed by atoms with Crippen LogP contribution in [0.4, 0.5) is 0 Å².